The zero-order valence-electron chi connectivity index (χ0n) is 10.9. The minimum Gasteiger partial charge on any atom is -0.481 e. The first kappa shape index (κ1) is 14.3. The third-order valence-corrected chi connectivity index (χ3v) is 3.67. The molecule has 2 rings (SSSR count). The summed E-state index contributed by atoms with van der Waals surface area (Å²) in [6.07, 6.45) is 0.422. The summed E-state index contributed by atoms with van der Waals surface area (Å²) in [6.45, 7) is 1.77. The summed E-state index contributed by atoms with van der Waals surface area (Å²) < 4.78 is 0. The molecular formula is C13H15N3O3S. The van der Waals surface area contributed by atoms with Gasteiger partial charge in [-0.05, 0) is 30.9 Å². The topological polar surface area (TPSA) is 95.1 Å². The summed E-state index contributed by atoms with van der Waals surface area (Å²) in [5, 5.41) is 20.1. The summed E-state index contributed by atoms with van der Waals surface area (Å²) in [5.74, 6) is -1.17. The highest BCUT2D eigenvalue weighted by molar-refractivity contribution is 7.13. The van der Waals surface area contributed by atoms with Crippen LogP contribution in [-0.4, -0.2) is 33.2 Å². The van der Waals surface area contributed by atoms with Gasteiger partial charge in [-0.2, -0.15) is 5.10 Å². The lowest BCUT2D eigenvalue weighted by Gasteiger charge is -2.11. The lowest BCUT2D eigenvalue weighted by Crippen LogP contribution is -2.33. The third kappa shape index (κ3) is 3.67. The van der Waals surface area contributed by atoms with Gasteiger partial charge in [-0.15, -0.1) is 11.3 Å². The Labute approximate surface area is 119 Å². The second kappa shape index (κ2) is 6.33. The molecule has 6 nitrogen and oxygen atoms in total. The maximum atomic E-state index is 11.9. The zero-order valence-corrected chi connectivity index (χ0v) is 11.7. The standard InChI is InChI=1S/C13H15N3O3S/c1-8(4-5-12(17)18)14-13(19)10-7-9(15-16-10)11-3-2-6-20-11/h2-3,6-8H,4-5H2,1H3,(H,14,19)(H,15,16)(H,17,18). The summed E-state index contributed by atoms with van der Waals surface area (Å²) >= 11 is 1.56. The van der Waals surface area contributed by atoms with E-state index in [9.17, 15) is 9.59 Å². The number of nitrogens with zero attached hydrogens (tertiary/aromatic N) is 1. The van der Waals surface area contributed by atoms with E-state index in [0.29, 0.717) is 12.1 Å². The van der Waals surface area contributed by atoms with Crippen molar-refractivity contribution in [2.45, 2.75) is 25.8 Å². The molecule has 106 valence electrons. The number of carboxylic acids is 1. The molecule has 2 aromatic rings. The fourth-order valence-electron chi connectivity index (χ4n) is 1.71. The Morgan fingerprint density at radius 3 is 3.00 bits per heavy atom. The van der Waals surface area contributed by atoms with Crippen molar-refractivity contribution in [3.05, 3.63) is 29.3 Å². The number of amides is 1. The molecule has 0 bridgehead atoms. The molecule has 0 spiro atoms. The molecule has 20 heavy (non-hydrogen) atoms. The molecule has 0 saturated carbocycles. The van der Waals surface area contributed by atoms with Crippen molar-refractivity contribution >= 4 is 23.2 Å². The van der Waals surface area contributed by atoms with E-state index in [-0.39, 0.29) is 18.4 Å². The van der Waals surface area contributed by atoms with E-state index in [1.807, 2.05) is 17.5 Å². The molecular weight excluding hydrogens is 278 g/mol. The van der Waals surface area contributed by atoms with Crippen molar-refractivity contribution in [1.82, 2.24) is 15.5 Å². The molecule has 1 atom stereocenters. The number of H-pyrrole nitrogens is 1. The van der Waals surface area contributed by atoms with Crippen LogP contribution in [0.2, 0.25) is 0 Å². The van der Waals surface area contributed by atoms with Gasteiger partial charge in [0.15, 0.2) is 5.69 Å². The van der Waals surface area contributed by atoms with Crippen LogP contribution in [-0.2, 0) is 4.79 Å². The minimum atomic E-state index is -0.870. The monoisotopic (exact) mass is 293 g/mol. The first-order valence-electron chi connectivity index (χ1n) is 6.18. The molecule has 0 aliphatic rings. The first-order chi connectivity index (χ1) is 9.56. The number of hydrogen-bond acceptors (Lipinski definition) is 4. The minimum absolute atomic E-state index is 0.0302. The molecule has 0 fully saturated rings. The zero-order chi connectivity index (χ0) is 14.5. The van der Waals surface area contributed by atoms with Crippen molar-refractivity contribution < 1.29 is 14.7 Å². The van der Waals surface area contributed by atoms with E-state index in [4.69, 9.17) is 5.11 Å². The van der Waals surface area contributed by atoms with Crippen LogP contribution in [0, 0.1) is 0 Å². The van der Waals surface area contributed by atoms with Crippen molar-refractivity contribution in [1.29, 1.82) is 0 Å². The fourth-order valence-corrected chi connectivity index (χ4v) is 2.40. The normalized spacial score (nSPS) is 12.1. The Morgan fingerprint density at radius 2 is 2.35 bits per heavy atom. The van der Waals surface area contributed by atoms with E-state index in [0.717, 1.165) is 10.6 Å². The summed E-state index contributed by atoms with van der Waals surface area (Å²) in [5.41, 5.74) is 1.10. The van der Waals surface area contributed by atoms with Gasteiger partial charge in [0.25, 0.3) is 5.91 Å². The van der Waals surface area contributed by atoms with E-state index < -0.39 is 5.97 Å². The molecule has 3 N–H and O–H groups in total. The quantitative estimate of drug-likeness (QED) is 0.760. The second-order valence-corrected chi connectivity index (χ2v) is 5.40. The van der Waals surface area contributed by atoms with E-state index in [1.54, 1.807) is 24.3 Å². The number of carbonyl (C=O) groups is 2. The van der Waals surface area contributed by atoms with Crippen LogP contribution < -0.4 is 5.32 Å². The number of rotatable bonds is 6. The number of carbonyl (C=O) groups excluding carboxylic acids is 1. The van der Waals surface area contributed by atoms with E-state index >= 15 is 0 Å². The lowest BCUT2D eigenvalue weighted by molar-refractivity contribution is -0.137. The van der Waals surface area contributed by atoms with Crippen LogP contribution in [0.4, 0.5) is 0 Å². The average molecular weight is 293 g/mol. The van der Waals surface area contributed by atoms with Gasteiger partial charge in [0.2, 0.25) is 0 Å². The maximum absolute atomic E-state index is 11.9. The number of hydrogen-bond donors (Lipinski definition) is 3. The van der Waals surface area contributed by atoms with Gasteiger partial charge >= 0.3 is 5.97 Å². The molecule has 0 aliphatic carbocycles. The molecule has 1 amide bonds. The SMILES string of the molecule is CC(CCC(=O)O)NC(=O)c1cc(-c2cccs2)[nH]n1. The largest absolute Gasteiger partial charge is 0.481 e. The maximum Gasteiger partial charge on any atom is 0.303 e. The Kier molecular flexibility index (Phi) is 4.52. The van der Waals surface area contributed by atoms with Crippen LogP contribution in [0.1, 0.15) is 30.3 Å². The fraction of sp³-hybridized carbons (Fsp3) is 0.308. The molecule has 2 heterocycles. The van der Waals surface area contributed by atoms with Crippen molar-refractivity contribution in [3.63, 3.8) is 0 Å². The van der Waals surface area contributed by atoms with Gasteiger partial charge < -0.3 is 10.4 Å². The predicted molar refractivity (Wildman–Crippen MR) is 75.7 cm³/mol. The molecule has 0 saturated heterocycles. The Balaban J connectivity index is 1.94. The third-order valence-electron chi connectivity index (χ3n) is 2.77. The molecule has 7 heteroatoms. The average Bonchev–Trinajstić information content (AvgIpc) is 3.06. The number of carboxylic acid groups (broad SMARTS) is 1. The number of thiophene rings is 1. The molecule has 2 aromatic heterocycles. The number of nitrogens with one attached hydrogen (secondary N) is 2. The first-order valence-corrected chi connectivity index (χ1v) is 7.06. The number of aromatic amines is 1. The van der Waals surface area contributed by atoms with Crippen molar-refractivity contribution in [2.75, 3.05) is 0 Å². The van der Waals surface area contributed by atoms with Crippen LogP contribution in [0.25, 0.3) is 10.6 Å². The van der Waals surface area contributed by atoms with E-state index in [2.05, 4.69) is 15.5 Å². The van der Waals surface area contributed by atoms with Crippen LogP contribution in [0.15, 0.2) is 23.6 Å². The number of aliphatic carboxylic acids is 1. The van der Waals surface area contributed by atoms with Gasteiger partial charge in [-0.3, -0.25) is 14.7 Å². The van der Waals surface area contributed by atoms with Crippen LogP contribution >= 0.6 is 11.3 Å². The van der Waals surface area contributed by atoms with Crippen molar-refractivity contribution in [2.24, 2.45) is 0 Å². The molecule has 0 radical (unpaired) electrons. The molecule has 0 aromatic carbocycles. The van der Waals surface area contributed by atoms with Crippen LogP contribution in [0.3, 0.4) is 0 Å². The Bertz CT molecular complexity index is 592. The Morgan fingerprint density at radius 1 is 1.55 bits per heavy atom. The van der Waals surface area contributed by atoms with Crippen molar-refractivity contribution in [3.8, 4) is 10.6 Å². The predicted octanol–water partition coefficient (Wildman–Crippen LogP) is 2.12. The number of aromatic nitrogens is 2. The smallest absolute Gasteiger partial charge is 0.303 e. The molecule has 1 unspecified atom stereocenters. The lowest BCUT2D eigenvalue weighted by atomic mass is 10.2. The summed E-state index contributed by atoms with van der Waals surface area (Å²) in [7, 11) is 0. The highest BCUT2D eigenvalue weighted by Gasteiger charge is 2.14. The van der Waals surface area contributed by atoms with Crippen LogP contribution in [0.5, 0.6) is 0 Å². The second-order valence-electron chi connectivity index (χ2n) is 4.45. The highest BCUT2D eigenvalue weighted by Crippen LogP contribution is 2.22. The van der Waals surface area contributed by atoms with Gasteiger partial charge in [0.05, 0.1) is 10.6 Å². The van der Waals surface area contributed by atoms with Gasteiger partial charge in [-0.25, -0.2) is 0 Å². The summed E-state index contributed by atoms with van der Waals surface area (Å²) in [6, 6.07) is 5.34. The van der Waals surface area contributed by atoms with Gasteiger partial charge in [-0.1, -0.05) is 6.07 Å². The van der Waals surface area contributed by atoms with Gasteiger partial charge in [0.1, 0.15) is 0 Å². The van der Waals surface area contributed by atoms with Gasteiger partial charge in [0, 0.05) is 12.5 Å². The highest BCUT2D eigenvalue weighted by atomic mass is 32.1. The summed E-state index contributed by atoms with van der Waals surface area (Å²) in [4.78, 5) is 23.4. The van der Waals surface area contributed by atoms with E-state index in [1.165, 1.54) is 0 Å². The molecule has 0 aliphatic heterocycles. The Hall–Kier alpha value is -2.15.